The first-order chi connectivity index (χ1) is 13.1. The number of hydrogen-bond acceptors (Lipinski definition) is 3. The molecule has 0 amide bonds. The molecule has 0 N–H and O–H groups in total. The monoisotopic (exact) mass is 360 g/mol. The maximum absolute atomic E-state index is 13.7. The molecule has 0 saturated heterocycles. The summed E-state index contributed by atoms with van der Waals surface area (Å²) in [7, 11) is 0. The Morgan fingerprint density at radius 3 is 2.48 bits per heavy atom. The molecule has 1 heterocycles. The smallest absolute Gasteiger partial charge is 0.344 e. The topological polar surface area (TPSA) is 39.4 Å². The van der Waals surface area contributed by atoms with Gasteiger partial charge < -0.3 is 9.15 Å². The molecule has 0 aliphatic rings. The van der Waals surface area contributed by atoms with Gasteiger partial charge in [0.25, 0.3) is 0 Å². The lowest BCUT2D eigenvalue weighted by Crippen LogP contribution is -2.06. The van der Waals surface area contributed by atoms with Crippen molar-refractivity contribution in [2.45, 2.75) is 13.5 Å². The van der Waals surface area contributed by atoms with Crippen LogP contribution in [0.25, 0.3) is 22.1 Å². The molecular weight excluding hydrogens is 343 g/mol. The van der Waals surface area contributed by atoms with Crippen LogP contribution in [0.5, 0.6) is 5.75 Å². The maximum Gasteiger partial charge on any atom is 0.344 e. The van der Waals surface area contributed by atoms with Crippen LogP contribution in [-0.4, -0.2) is 0 Å². The van der Waals surface area contributed by atoms with E-state index < -0.39 is 5.63 Å². The Hall–Kier alpha value is -3.40. The second kappa shape index (κ2) is 7.08. The van der Waals surface area contributed by atoms with E-state index in [9.17, 15) is 9.18 Å². The van der Waals surface area contributed by atoms with Crippen molar-refractivity contribution >= 4 is 11.0 Å². The fourth-order valence-corrected chi connectivity index (χ4v) is 3.14. The van der Waals surface area contributed by atoms with Gasteiger partial charge in [-0.05, 0) is 36.2 Å². The van der Waals surface area contributed by atoms with Crippen molar-refractivity contribution < 1.29 is 13.5 Å². The van der Waals surface area contributed by atoms with Crippen molar-refractivity contribution in [3.05, 3.63) is 100 Å². The fraction of sp³-hybridized carbons (Fsp3) is 0.0870. The minimum Gasteiger partial charge on any atom is -0.489 e. The second-order valence-corrected chi connectivity index (χ2v) is 6.29. The number of rotatable bonds is 4. The van der Waals surface area contributed by atoms with Crippen molar-refractivity contribution in [2.24, 2.45) is 0 Å². The third-order valence-electron chi connectivity index (χ3n) is 4.55. The van der Waals surface area contributed by atoms with Crippen LogP contribution in [0.4, 0.5) is 4.39 Å². The summed E-state index contributed by atoms with van der Waals surface area (Å²) in [5, 5.41) is 0.840. The van der Waals surface area contributed by atoms with Crippen LogP contribution in [0.3, 0.4) is 0 Å². The lowest BCUT2D eigenvalue weighted by Gasteiger charge is -2.10. The summed E-state index contributed by atoms with van der Waals surface area (Å²) in [6.07, 6.45) is 0. The summed E-state index contributed by atoms with van der Waals surface area (Å²) in [5.41, 5.74) is 2.76. The van der Waals surface area contributed by atoms with Gasteiger partial charge in [-0.15, -0.1) is 0 Å². The van der Waals surface area contributed by atoms with E-state index in [2.05, 4.69) is 0 Å². The van der Waals surface area contributed by atoms with Crippen molar-refractivity contribution in [1.82, 2.24) is 0 Å². The van der Waals surface area contributed by atoms with Crippen LogP contribution < -0.4 is 10.4 Å². The van der Waals surface area contributed by atoms with E-state index in [0.29, 0.717) is 22.5 Å². The van der Waals surface area contributed by atoms with Gasteiger partial charge in [-0.25, -0.2) is 9.18 Å². The summed E-state index contributed by atoms with van der Waals surface area (Å²) in [6.45, 7) is 2.00. The van der Waals surface area contributed by atoms with E-state index in [4.69, 9.17) is 9.15 Å². The molecule has 0 atom stereocenters. The van der Waals surface area contributed by atoms with Gasteiger partial charge in [0.1, 0.15) is 23.8 Å². The van der Waals surface area contributed by atoms with E-state index in [-0.39, 0.29) is 12.4 Å². The predicted molar refractivity (Wildman–Crippen MR) is 103 cm³/mol. The van der Waals surface area contributed by atoms with Crippen molar-refractivity contribution in [3.8, 4) is 16.9 Å². The van der Waals surface area contributed by atoms with Crippen LogP contribution in [0, 0.1) is 12.7 Å². The summed E-state index contributed by atoms with van der Waals surface area (Å²) in [4.78, 5) is 12.5. The summed E-state index contributed by atoms with van der Waals surface area (Å²) >= 11 is 0. The molecule has 0 bridgehead atoms. The molecule has 3 nitrogen and oxygen atoms in total. The quantitative estimate of drug-likeness (QED) is 0.452. The van der Waals surface area contributed by atoms with Gasteiger partial charge in [0.2, 0.25) is 0 Å². The van der Waals surface area contributed by atoms with Crippen molar-refractivity contribution in [1.29, 1.82) is 0 Å². The molecule has 134 valence electrons. The van der Waals surface area contributed by atoms with Crippen LogP contribution in [0.15, 0.2) is 82.0 Å². The van der Waals surface area contributed by atoms with Gasteiger partial charge in [-0.1, -0.05) is 48.5 Å². The minimum absolute atomic E-state index is 0.101. The van der Waals surface area contributed by atoms with Crippen LogP contribution in [0.2, 0.25) is 0 Å². The molecule has 0 aliphatic heterocycles. The Kier molecular flexibility index (Phi) is 4.47. The SMILES string of the molecule is Cc1c(-c2ccccc2)c(=O)oc2cc(OCc3ccccc3F)ccc12. The number of ether oxygens (including phenoxy) is 1. The zero-order valence-electron chi connectivity index (χ0n) is 14.7. The molecule has 4 aromatic rings. The van der Waals surface area contributed by atoms with E-state index in [1.54, 1.807) is 30.3 Å². The van der Waals surface area contributed by atoms with Gasteiger partial charge >= 0.3 is 5.63 Å². The van der Waals surface area contributed by atoms with Crippen molar-refractivity contribution in [3.63, 3.8) is 0 Å². The molecule has 3 aromatic carbocycles. The first kappa shape index (κ1) is 17.0. The Labute approximate surface area is 155 Å². The van der Waals surface area contributed by atoms with Crippen LogP contribution in [0.1, 0.15) is 11.1 Å². The van der Waals surface area contributed by atoms with Gasteiger partial charge in [0.05, 0.1) is 5.56 Å². The summed E-state index contributed by atoms with van der Waals surface area (Å²) in [5.74, 6) is 0.203. The average molecular weight is 360 g/mol. The highest BCUT2D eigenvalue weighted by molar-refractivity contribution is 5.87. The molecule has 1 aromatic heterocycles. The zero-order chi connectivity index (χ0) is 18.8. The molecule has 0 unspecified atom stereocenters. The van der Waals surface area contributed by atoms with Gasteiger partial charge in [-0.3, -0.25) is 0 Å². The molecule has 4 heteroatoms. The van der Waals surface area contributed by atoms with Crippen LogP contribution in [-0.2, 0) is 6.61 Å². The first-order valence-electron chi connectivity index (χ1n) is 8.62. The largest absolute Gasteiger partial charge is 0.489 e. The van der Waals surface area contributed by atoms with E-state index >= 15 is 0 Å². The van der Waals surface area contributed by atoms with Crippen molar-refractivity contribution in [2.75, 3.05) is 0 Å². The van der Waals surface area contributed by atoms with Crippen LogP contribution >= 0.6 is 0 Å². The van der Waals surface area contributed by atoms with Gasteiger partial charge in [0.15, 0.2) is 0 Å². The predicted octanol–water partition coefficient (Wildman–Crippen LogP) is 5.49. The zero-order valence-corrected chi connectivity index (χ0v) is 14.7. The third-order valence-corrected chi connectivity index (χ3v) is 4.55. The highest BCUT2D eigenvalue weighted by atomic mass is 19.1. The standard InChI is InChI=1S/C23H17FO3/c1-15-19-12-11-18(26-14-17-9-5-6-10-20(17)24)13-21(19)27-23(25)22(15)16-7-3-2-4-8-16/h2-13H,14H2,1H3. The average Bonchev–Trinajstić information content (AvgIpc) is 2.68. The number of halogens is 1. The third kappa shape index (κ3) is 3.34. The second-order valence-electron chi connectivity index (χ2n) is 6.29. The number of aryl methyl sites for hydroxylation is 1. The fourth-order valence-electron chi connectivity index (χ4n) is 3.14. The van der Waals surface area contributed by atoms with E-state index in [0.717, 1.165) is 16.5 Å². The Balaban J connectivity index is 1.70. The lowest BCUT2D eigenvalue weighted by molar-refractivity contribution is 0.300. The molecule has 0 saturated carbocycles. The molecule has 0 radical (unpaired) electrons. The van der Waals surface area contributed by atoms with Gasteiger partial charge in [0, 0.05) is 17.0 Å². The summed E-state index contributed by atoms with van der Waals surface area (Å²) < 4.78 is 24.9. The molecule has 0 fully saturated rings. The lowest BCUT2D eigenvalue weighted by atomic mass is 10.00. The van der Waals surface area contributed by atoms with E-state index in [1.807, 2.05) is 43.3 Å². The summed E-state index contributed by atoms with van der Waals surface area (Å²) in [6, 6.07) is 21.2. The molecule has 27 heavy (non-hydrogen) atoms. The Morgan fingerprint density at radius 1 is 0.963 bits per heavy atom. The molecule has 0 spiro atoms. The number of hydrogen-bond donors (Lipinski definition) is 0. The highest BCUT2D eigenvalue weighted by Crippen LogP contribution is 2.29. The van der Waals surface area contributed by atoms with Gasteiger partial charge in [-0.2, -0.15) is 0 Å². The van der Waals surface area contributed by atoms with E-state index in [1.165, 1.54) is 6.07 Å². The maximum atomic E-state index is 13.7. The minimum atomic E-state index is -0.391. The number of benzene rings is 3. The molecular formula is C23H17FO3. The molecule has 4 rings (SSSR count). The highest BCUT2D eigenvalue weighted by Gasteiger charge is 2.14. The Bertz CT molecular complexity index is 1160. The first-order valence-corrected chi connectivity index (χ1v) is 8.62. The number of fused-ring (bicyclic) bond motifs is 1. The molecule has 0 aliphatic carbocycles. The normalized spacial score (nSPS) is 10.9. The Morgan fingerprint density at radius 2 is 1.70 bits per heavy atom.